The number of carbonyl (C=O) groups excluding carboxylic acids is 1. The van der Waals surface area contributed by atoms with Crippen LogP contribution in [0.3, 0.4) is 0 Å². The van der Waals surface area contributed by atoms with Crippen LogP contribution in [0.1, 0.15) is 0 Å². The maximum Gasteiger partial charge on any atom is 0.333 e. The van der Waals surface area contributed by atoms with E-state index in [1.807, 2.05) is 30.3 Å². The van der Waals surface area contributed by atoms with Crippen LogP contribution in [-0.4, -0.2) is 24.0 Å². The lowest BCUT2D eigenvalue weighted by atomic mass is 10.1. The fourth-order valence-corrected chi connectivity index (χ4v) is 4.75. The number of rotatable bonds is 5. The van der Waals surface area contributed by atoms with Gasteiger partial charge in [-0.1, -0.05) is 41.7 Å². The van der Waals surface area contributed by atoms with Gasteiger partial charge in [0.15, 0.2) is 5.13 Å². The minimum atomic E-state index is -4.20. The van der Waals surface area contributed by atoms with Crippen LogP contribution in [-0.2, 0) is 10.0 Å². The van der Waals surface area contributed by atoms with Gasteiger partial charge in [0.05, 0.1) is 11.9 Å². The van der Waals surface area contributed by atoms with Gasteiger partial charge in [-0.3, -0.25) is 9.36 Å². The maximum atomic E-state index is 13.1. The number of amides is 2. The Labute approximate surface area is 186 Å². The number of urea groups is 1. The highest BCUT2D eigenvalue weighted by atomic mass is 32.2. The Morgan fingerprint density at radius 3 is 2.41 bits per heavy atom. The number of thiophene rings is 1. The Balaban J connectivity index is 1.50. The first-order chi connectivity index (χ1) is 15.3. The molecule has 0 bridgehead atoms. The molecule has 0 saturated heterocycles. The zero-order valence-corrected chi connectivity index (χ0v) is 17.9. The Hall–Kier alpha value is -3.83. The Kier molecular flexibility index (Phi) is 5.84. The monoisotopic (exact) mass is 470 g/mol. The van der Waals surface area contributed by atoms with Crippen molar-refractivity contribution in [2.45, 2.75) is 4.21 Å². The van der Waals surface area contributed by atoms with Gasteiger partial charge in [-0.05, 0) is 41.5 Å². The Morgan fingerprint density at radius 2 is 1.75 bits per heavy atom. The van der Waals surface area contributed by atoms with Crippen molar-refractivity contribution in [3.05, 3.63) is 94.6 Å². The molecule has 2 amide bonds. The molecule has 0 atom stereocenters. The lowest BCUT2D eigenvalue weighted by Gasteiger charge is -2.10. The number of hydrogen-bond acceptors (Lipinski definition) is 6. The molecule has 162 valence electrons. The average molecular weight is 471 g/mol. The van der Waals surface area contributed by atoms with E-state index >= 15 is 0 Å². The van der Waals surface area contributed by atoms with E-state index in [1.54, 1.807) is 17.0 Å². The molecule has 0 saturated carbocycles. The van der Waals surface area contributed by atoms with E-state index < -0.39 is 21.2 Å². The maximum absolute atomic E-state index is 13.1. The molecule has 0 aliphatic heterocycles. The molecular formula is C21H15FN4O4S2. The second kappa shape index (κ2) is 8.73. The number of nitrogens with one attached hydrogen (secondary N) is 2. The summed E-state index contributed by atoms with van der Waals surface area (Å²) in [5, 5.41) is 1.65. The third-order valence-electron chi connectivity index (χ3n) is 4.31. The second-order valence-electron chi connectivity index (χ2n) is 6.52. The zero-order valence-electron chi connectivity index (χ0n) is 16.2. The predicted octanol–water partition coefficient (Wildman–Crippen LogP) is 3.61. The van der Waals surface area contributed by atoms with E-state index in [0.29, 0.717) is 17.2 Å². The lowest BCUT2D eigenvalue weighted by molar-refractivity contribution is 0.256. The SMILES string of the molecule is O=C(Nc1ccc(-n2cc(-c3ccccc3)ccc2=O)nc1)NS(=O)(=O)c1ccc(F)s1. The number of aromatic nitrogens is 2. The quantitative estimate of drug-likeness (QED) is 0.463. The van der Waals surface area contributed by atoms with E-state index in [-0.39, 0.29) is 15.5 Å². The fraction of sp³-hybridized carbons (Fsp3) is 0. The van der Waals surface area contributed by atoms with E-state index in [4.69, 9.17) is 0 Å². The highest BCUT2D eigenvalue weighted by molar-refractivity contribution is 7.92. The summed E-state index contributed by atoms with van der Waals surface area (Å²) in [5.74, 6) is 0.320. The van der Waals surface area contributed by atoms with Crippen LogP contribution in [0.5, 0.6) is 0 Å². The summed E-state index contributed by atoms with van der Waals surface area (Å²) in [6.07, 6.45) is 2.94. The smallest absolute Gasteiger partial charge is 0.306 e. The predicted molar refractivity (Wildman–Crippen MR) is 119 cm³/mol. The normalized spacial score (nSPS) is 11.2. The molecule has 1 aromatic carbocycles. The molecule has 0 aliphatic carbocycles. The van der Waals surface area contributed by atoms with Crippen molar-refractivity contribution in [1.82, 2.24) is 14.3 Å². The van der Waals surface area contributed by atoms with E-state index in [2.05, 4.69) is 10.3 Å². The first kappa shape index (κ1) is 21.4. The van der Waals surface area contributed by atoms with Gasteiger partial charge in [-0.25, -0.2) is 22.9 Å². The fourth-order valence-electron chi connectivity index (χ4n) is 2.84. The molecule has 2 N–H and O–H groups in total. The van der Waals surface area contributed by atoms with Gasteiger partial charge in [0.1, 0.15) is 10.0 Å². The number of pyridine rings is 2. The number of anilines is 1. The molecule has 0 aliphatic rings. The van der Waals surface area contributed by atoms with Crippen molar-refractivity contribution in [3.63, 3.8) is 0 Å². The topological polar surface area (TPSA) is 110 Å². The molecule has 0 spiro atoms. The summed E-state index contributed by atoms with van der Waals surface area (Å²) in [6, 6.07) is 16.7. The van der Waals surface area contributed by atoms with Gasteiger partial charge in [-0.15, -0.1) is 0 Å². The summed E-state index contributed by atoms with van der Waals surface area (Å²) in [6.45, 7) is 0. The van der Waals surface area contributed by atoms with Crippen LogP contribution in [0.25, 0.3) is 16.9 Å². The van der Waals surface area contributed by atoms with Crippen molar-refractivity contribution in [2.24, 2.45) is 0 Å². The molecule has 11 heteroatoms. The van der Waals surface area contributed by atoms with Crippen LogP contribution in [0.2, 0.25) is 0 Å². The van der Waals surface area contributed by atoms with Crippen molar-refractivity contribution >= 4 is 33.1 Å². The summed E-state index contributed by atoms with van der Waals surface area (Å²) in [4.78, 5) is 28.5. The van der Waals surface area contributed by atoms with Gasteiger partial charge in [0.2, 0.25) is 0 Å². The van der Waals surface area contributed by atoms with Crippen molar-refractivity contribution in [3.8, 4) is 16.9 Å². The minimum Gasteiger partial charge on any atom is -0.306 e. The summed E-state index contributed by atoms with van der Waals surface area (Å²) in [5.41, 5.74) is 1.67. The molecule has 4 aromatic rings. The molecule has 8 nitrogen and oxygen atoms in total. The van der Waals surface area contributed by atoms with E-state index in [1.165, 1.54) is 29.0 Å². The number of nitrogens with zero attached hydrogens (tertiary/aromatic N) is 2. The third-order valence-corrected chi connectivity index (χ3v) is 7.01. The summed E-state index contributed by atoms with van der Waals surface area (Å²) >= 11 is 0.402. The number of benzene rings is 1. The van der Waals surface area contributed by atoms with Crippen LogP contribution in [0, 0.1) is 5.13 Å². The van der Waals surface area contributed by atoms with Crippen molar-refractivity contribution in [2.75, 3.05) is 5.32 Å². The highest BCUT2D eigenvalue weighted by Crippen LogP contribution is 2.20. The number of halogens is 1. The van der Waals surface area contributed by atoms with Crippen molar-refractivity contribution in [1.29, 1.82) is 0 Å². The number of hydrogen-bond donors (Lipinski definition) is 2. The molecule has 3 aromatic heterocycles. The van der Waals surface area contributed by atoms with Crippen LogP contribution < -0.4 is 15.6 Å². The Morgan fingerprint density at radius 1 is 0.969 bits per heavy atom. The first-order valence-electron chi connectivity index (χ1n) is 9.15. The summed E-state index contributed by atoms with van der Waals surface area (Å²) in [7, 11) is -4.20. The van der Waals surface area contributed by atoms with Gasteiger partial charge in [0.25, 0.3) is 15.6 Å². The van der Waals surface area contributed by atoms with Crippen LogP contribution >= 0.6 is 11.3 Å². The van der Waals surface area contributed by atoms with Gasteiger partial charge in [-0.2, -0.15) is 4.39 Å². The second-order valence-corrected chi connectivity index (χ2v) is 9.46. The Bertz CT molecular complexity index is 1430. The first-order valence-corrected chi connectivity index (χ1v) is 11.5. The largest absolute Gasteiger partial charge is 0.333 e. The molecular weight excluding hydrogens is 455 g/mol. The molecule has 0 unspecified atom stereocenters. The van der Waals surface area contributed by atoms with Crippen LogP contribution in [0.15, 0.2) is 88.1 Å². The minimum absolute atomic E-state index is 0.200. The molecule has 3 heterocycles. The molecule has 32 heavy (non-hydrogen) atoms. The van der Waals surface area contributed by atoms with Crippen molar-refractivity contribution < 1.29 is 17.6 Å². The number of carbonyl (C=O) groups is 1. The van der Waals surface area contributed by atoms with E-state index in [0.717, 1.165) is 23.3 Å². The van der Waals surface area contributed by atoms with E-state index in [9.17, 15) is 22.4 Å². The lowest BCUT2D eigenvalue weighted by Crippen LogP contribution is -2.34. The highest BCUT2D eigenvalue weighted by Gasteiger charge is 2.20. The van der Waals surface area contributed by atoms with Gasteiger partial charge >= 0.3 is 6.03 Å². The number of sulfonamides is 1. The van der Waals surface area contributed by atoms with Gasteiger partial charge < -0.3 is 5.32 Å². The molecule has 4 rings (SSSR count). The third kappa shape index (κ3) is 4.74. The zero-order chi connectivity index (χ0) is 22.7. The average Bonchev–Trinajstić information content (AvgIpc) is 3.22. The van der Waals surface area contributed by atoms with Gasteiger partial charge in [0, 0.05) is 12.3 Å². The molecule has 0 fully saturated rings. The standard InChI is InChI=1S/C21H15FN4O4S2/c22-17-8-11-20(31-17)32(29,30)25-21(28)24-16-7-9-18(23-12-16)26-13-15(6-10-19(26)27)14-4-2-1-3-5-14/h1-13H,(H2,24,25,28). The molecule has 0 radical (unpaired) electrons. The summed E-state index contributed by atoms with van der Waals surface area (Å²) < 4.78 is 40.1. The van der Waals surface area contributed by atoms with Crippen LogP contribution in [0.4, 0.5) is 14.9 Å².